The number of carbonyl (C=O) groups is 1. The standard InChI is InChI=1S/C39H77NO4/c1-9-11-13-15-16-17-18-19-20-21-22-23-24-25-26-27-28-30-36(41)44-35-32-37(3,4)40(38(5,6)33-35)43-34-39(7,8)42-31-29-14-12-10-2/h35H,9-34H2,1-8H3. The second-order valence-electron chi connectivity index (χ2n) is 15.8. The molecule has 1 saturated heterocycles. The average Bonchev–Trinajstić information content (AvgIpc) is 2.93. The summed E-state index contributed by atoms with van der Waals surface area (Å²) >= 11 is 0. The molecule has 5 nitrogen and oxygen atoms in total. The summed E-state index contributed by atoms with van der Waals surface area (Å²) in [5.74, 6) is -0.0328. The van der Waals surface area contributed by atoms with Crippen molar-refractivity contribution in [1.29, 1.82) is 0 Å². The van der Waals surface area contributed by atoms with Crippen LogP contribution in [0.3, 0.4) is 0 Å². The van der Waals surface area contributed by atoms with Crippen LogP contribution < -0.4 is 0 Å². The van der Waals surface area contributed by atoms with Gasteiger partial charge in [0.25, 0.3) is 0 Å². The second-order valence-corrected chi connectivity index (χ2v) is 15.8. The van der Waals surface area contributed by atoms with Gasteiger partial charge in [0.05, 0.1) is 12.2 Å². The molecule has 0 atom stereocenters. The fraction of sp³-hybridized carbons (Fsp3) is 0.974. The minimum atomic E-state index is -0.339. The lowest BCUT2D eigenvalue weighted by atomic mass is 9.80. The monoisotopic (exact) mass is 624 g/mol. The van der Waals surface area contributed by atoms with E-state index in [1.165, 1.54) is 116 Å². The van der Waals surface area contributed by atoms with Crippen molar-refractivity contribution in [2.75, 3.05) is 13.2 Å². The van der Waals surface area contributed by atoms with E-state index in [4.69, 9.17) is 14.3 Å². The summed E-state index contributed by atoms with van der Waals surface area (Å²) in [5, 5.41) is 2.14. The van der Waals surface area contributed by atoms with Gasteiger partial charge in [0, 0.05) is 36.9 Å². The third-order valence-electron chi connectivity index (χ3n) is 9.37. The zero-order valence-electron chi connectivity index (χ0n) is 31.0. The number of ether oxygens (including phenoxy) is 2. The van der Waals surface area contributed by atoms with E-state index in [1.54, 1.807) is 0 Å². The van der Waals surface area contributed by atoms with Crippen LogP contribution in [0.2, 0.25) is 0 Å². The molecule has 5 heteroatoms. The molecule has 0 N–H and O–H groups in total. The van der Waals surface area contributed by atoms with Gasteiger partial charge >= 0.3 is 5.97 Å². The van der Waals surface area contributed by atoms with Crippen molar-refractivity contribution in [2.24, 2.45) is 0 Å². The molecule has 0 aliphatic carbocycles. The molecule has 0 saturated carbocycles. The molecule has 0 unspecified atom stereocenters. The van der Waals surface area contributed by atoms with Gasteiger partial charge in [0.2, 0.25) is 0 Å². The zero-order chi connectivity index (χ0) is 32.7. The van der Waals surface area contributed by atoms with Crippen LogP contribution >= 0.6 is 0 Å². The molecule has 44 heavy (non-hydrogen) atoms. The molecular weight excluding hydrogens is 546 g/mol. The van der Waals surface area contributed by atoms with Crippen LogP contribution in [0.1, 0.15) is 209 Å². The van der Waals surface area contributed by atoms with Crippen LogP contribution in [0.25, 0.3) is 0 Å². The highest BCUT2D eigenvalue weighted by Gasteiger charge is 2.48. The normalized spacial score (nSPS) is 17.3. The summed E-state index contributed by atoms with van der Waals surface area (Å²) in [6, 6.07) is 0. The Morgan fingerprint density at radius 3 is 1.45 bits per heavy atom. The van der Waals surface area contributed by atoms with E-state index in [-0.39, 0.29) is 28.8 Å². The Labute approximate surface area is 275 Å². The van der Waals surface area contributed by atoms with E-state index in [9.17, 15) is 4.79 Å². The molecule has 0 spiro atoms. The van der Waals surface area contributed by atoms with Crippen LogP contribution in [-0.4, -0.2) is 47.0 Å². The molecule has 0 radical (unpaired) electrons. The van der Waals surface area contributed by atoms with Crippen molar-refractivity contribution in [1.82, 2.24) is 5.06 Å². The number of nitrogens with zero attached hydrogens (tertiary/aromatic N) is 1. The Hall–Kier alpha value is -0.650. The molecule has 1 rings (SSSR count). The maximum Gasteiger partial charge on any atom is 0.306 e. The number of hydrogen-bond acceptors (Lipinski definition) is 5. The summed E-state index contributed by atoms with van der Waals surface area (Å²) in [4.78, 5) is 19.2. The smallest absolute Gasteiger partial charge is 0.306 e. The van der Waals surface area contributed by atoms with Crippen molar-refractivity contribution in [3.8, 4) is 0 Å². The lowest BCUT2D eigenvalue weighted by Gasteiger charge is -2.53. The maximum atomic E-state index is 12.7. The topological polar surface area (TPSA) is 48.0 Å². The van der Waals surface area contributed by atoms with Crippen LogP contribution in [-0.2, 0) is 19.1 Å². The third-order valence-corrected chi connectivity index (χ3v) is 9.37. The fourth-order valence-corrected chi connectivity index (χ4v) is 6.98. The predicted molar refractivity (Wildman–Crippen MR) is 188 cm³/mol. The highest BCUT2D eigenvalue weighted by atomic mass is 16.7. The fourth-order valence-electron chi connectivity index (χ4n) is 6.98. The Morgan fingerprint density at radius 2 is 1.02 bits per heavy atom. The summed E-state index contributed by atoms with van der Waals surface area (Å²) in [5.41, 5.74) is -0.816. The van der Waals surface area contributed by atoms with Gasteiger partial charge in [-0.15, -0.1) is 0 Å². The van der Waals surface area contributed by atoms with Gasteiger partial charge < -0.3 is 9.47 Å². The maximum absolute atomic E-state index is 12.7. The Balaban J connectivity index is 2.15. The predicted octanol–water partition coefficient (Wildman–Crippen LogP) is 11.9. The SMILES string of the molecule is CCCCCCCCCCCCCCCCCCCC(=O)OC1CC(C)(C)N(OCC(C)(C)OCCCCCC)C(C)(C)C1. The van der Waals surface area contributed by atoms with E-state index in [1.807, 2.05) is 0 Å². The Bertz CT molecular complexity index is 686. The first kappa shape index (κ1) is 41.4. The molecular formula is C39H77NO4. The van der Waals surface area contributed by atoms with Gasteiger partial charge in [0.1, 0.15) is 6.10 Å². The quantitative estimate of drug-likeness (QED) is 0.0641. The third kappa shape index (κ3) is 19.8. The molecule has 0 aromatic rings. The van der Waals surface area contributed by atoms with Gasteiger partial charge in [-0.3, -0.25) is 9.63 Å². The zero-order valence-corrected chi connectivity index (χ0v) is 31.0. The molecule has 1 aliphatic rings. The molecule has 262 valence electrons. The van der Waals surface area contributed by atoms with Gasteiger partial charge in [0.15, 0.2) is 0 Å². The lowest BCUT2D eigenvalue weighted by Crippen LogP contribution is -2.62. The lowest BCUT2D eigenvalue weighted by molar-refractivity contribution is -0.309. The van der Waals surface area contributed by atoms with Crippen LogP contribution in [0, 0.1) is 0 Å². The number of rotatable bonds is 28. The highest BCUT2D eigenvalue weighted by molar-refractivity contribution is 5.69. The van der Waals surface area contributed by atoms with Gasteiger partial charge in [-0.25, -0.2) is 0 Å². The van der Waals surface area contributed by atoms with Crippen LogP contribution in [0.15, 0.2) is 0 Å². The van der Waals surface area contributed by atoms with E-state index in [2.05, 4.69) is 60.5 Å². The molecule has 0 aromatic carbocycles. The first-order valence-corrected chi connectivity index (χ1v) is 19.2. The molecule has 1 fully saturated rings. The van der Waals surface area contributed by atoms with Crippen molar-refractivity contribution in [3.05, 3.63) is 0 Å². The number of hydroxylamine groups is 2. The first-order chi connectivity index (χ1) is 20.9. The van der Waals surface area contributed by atoms with Gasteiger partial charge in [-0.2, -0.15) is 5.06 Å². The van der Waals surface area contributed by atoms with E-state index in [0.29, 0.717) is 13.0 Å². The first-order valence-electron chi connectivity index (χ1n) is 19.2. The van der Waals surface area contributed by atoms with Gasteiger partial charge in [-0.05, 0) is 54.4 Å². The average molecular weight is 624 g/mol. The molecule has 0 amide bonds. The van der Waals surface area contributed by atoms with E-state index >= 15 is 0 Å². The van der Waals surface area contributed by atoms with E-state index in [0.717, 1.165) is 38.7 Å². The number of unbranched alkanes of at least 4 members (excludes halogenated alkanes) is 19. The van der Waals surface area contributed by atoms with Gasteiger partial charge in [-0.1, -0.05) is 136 Å². The van der Waals surface area contributed by atoms with Crippen LogP contribution in [0.5, 0.6) is 0 Å². The number of carbonyl (C=O) groups excluding carboxylic acids is 1. The van der Waals surface area contributed by atoms with E-state index < -0.39 is 0 Å². The van der Waals surface area contributed by atoms with Crippen molar-refractivity contribution in [3.63, 3.8) is 0 Å². The van der Waals surface area contributed by atoms with Crippen LogP contribution in [0.4, 0.5) is 0 Å². The summed E-state index contributed by atoms with van der Waals surface area (Å²) in [6.07, 6.45) is 29.8. The minimum absolute atomic E-state index is 0.0328. The Morgan fingerprint density at radius 1 is 0.636 bits per heavy atom. The summed E-state index contributed by atoms with van der Waals surface area (Å²) in [6.45, 7) is 18.8. The van der Waals surface area contributed by atoms with Crippen molar-refractivity contribution < 1.29 is 19.1 Å². The summed E-state index contributed by atoms with van der Waals surface area (Å²) in [7, 11) is 0. The number of esters is 1. The highest BCUT2D eigenvalue weighted by Crippen LogP contribution is 2.40. The largest absolute Gasteiger partial charge is 0.462 e. The number of piperidine rings is 1. The molecule has 1 heterocycles. The van der Waals surface area contributed by atoms with Crippen molar-refractivity contribution in [2.45, 2.75) is 232 Å². The Kier molecular flexibility index (Phi) is 22.2. The molecule has 0 bridgehead atoms. The number of hydrogen-bond donors (Lipinski definition) is 0. The molecule has 0 aromatic heterocycles. The molecule has 1 aliphatic heterocycles. The minimum Gasteiger partial charge on any atom is -0.462 e. The second kappa shape index (κ2) is 23.6. The van der Waals surface area contributed by atoms with Crippen molar-refractivity contribution >= 4 is 5.97 Å². The summed E-state index contributed by atoms with van der Waals surface area (Å²) < 4.78 is 12.2.